The highest BCUT2D eigenvalue weighted by atomic mass is 16.3. The number of likely N-dealkylation sites (N-methyl/N-ethyl adjacent to an activating group) is 1. The van der Waals surface area contributed by atoms with Gasteiger partial charge in [-0.1, -0.05) is 18.2 Å². The maximum atomic E-state index is 9.52. The summed E-state index contributed by atoms with van der Waals surface area (Å²) in [5.74, 6) is 1.40. The van der Waals surface area contributed by atoms with Gasteiger partial charge in [0.1, 0.15) is 11.6 Å². The van der Waals surface area contributed by atoms with Crippen LogP contribution in [0.5, 0.6) is 5.75 Å². The van der Waals surface area contributed by atoms with Gasteiger partial charge in [0.15, 0.2) is 0 Å². The maximum Gasteiger partial charge on any atom is 0.133 e. The van der Waals surface area contributed by atoms with E-state index in [9.17, 15) is 5.11 Å². The molecule has 2 heterocycles. The molecule has 3 rings (SSSR count). The minimum Gasteiger partial charge on any atom is -0.508 e. The molecule has 23 heavy (non-hydrogen) atoms. The second-order valence-electron chi connectivity index (χ2n) is 6.05. The number of nitrogens with zero attached hydrogens (tertiary/aromatic N) is 3. The molecule has 0 saturated carbocycles. The number of pyridine rings is 1. The second kappa shape index (κ2) is 7.44. The van der Waals surface area contributed by atoms with Gasteiger partial charge in [-0.2, -0.15) is 0 Å². The smallest absolute Gasteiger partial charge is 0.133 e. The number of phenols is 1. The fourth-order valence-corrected chi connectivity index (χ4v) is 2.88. The third-order valence-electron chi connectivity index (χ3n) is 4.23. The molecule has 122 valence electrons. The van der Waals surface area contributed by atoms with Crippen LogP contribution in [0.4, 0.5) is 5.82 Å². The van der Waals surface area contributed by atoms with Gasteiger partial charge in [-0.05, 0) is 30.8 Å². The van der Waals surface area contributed by atoms with Crippen molar-refractivity contribution in [2.45, 2.75) is 13.1 Å². The third-order valence-corrected chi connectivity index (χ3v) is 4.23. The average Bonchev–Trinajstić information content (AvgIpc) is 2.56. The molecule has 1 aromatic heterocycles. The molecule has 0 unspecified atom stereocenters. The Morgan fingerprint density at radius 1 is 1.09 bits per heavy atom. The normalized spacial score (nSPS) is 15.8. The van der Waals surface area contributed by atoms with Crippen molar-refractivity contribution in [3.63, 3.8) is 0 Å². The van der Waals surface area contributed by atoms with Crippen LogP contribution in [0.2, 0.25) is 0 Å². The summed E-state index contributed by atoms with van der Waals surface area (Å²) in [6.45, 7) is 5.69. The Kier molecular flexibility index (Phi) is 5.10. The zero-order valence-corrected chi connectivity index (χ0v) is 13.6. The number of hydrogen-bond donors (Lipinski definition) is 2. The van der Waals surface area contributed by atoms with Crippen LogP contribution >= 0.6 is 0 Å². The number of phenolic OH excluding ortho intramolecular Hbond substituents is 1. The van der Waals surface area contributed by atoms with Gasteiger partial charge in [0.25, 0.3) is 0 Å². The van der Waals surface area contributed by atoms with E-state index in [4.69, 9.17) is 0 Å². The van der Waals surface area contributed by atoms with Gasteiger partial charge in [0.05, 0.1) is 0 Å². The molecule has 0 amide bonds. The number of anilines is 1. The fourth-order valence-electron chi connectivity index (χ4n) is 2.88. The van der Waals surface area contributed by atoms with E-state index in [1.165, 1.54) is 5.56 Å². The van der Waals surface area contributed by atoms with E-state index in [1.54, 1.807) is 12.1 Å². The molecule has 5 heteroatoms. The summed E-state index contributed by atoms with van der Waals surface area (Å²) in [6, 6.07) is 11.5. The number of benzene rings is 1. The van der Waals surface area contributed by atoms with Gasteiger partial charge in [0.2, 0.25) is 0 Å². The van der Waals surface area contributed by atoms with Crippen molar-refractivity contribution >= 4 is 5.82 Å². The minimum absolute atomic E-state index is 0.309. The predicted molar refractivity (Wildman–Crippen MR) is 92.6 cm³/mol. The summed E-state index contributed by atoms with van der Waals surface area (Å²) in [5.41, 5.74) is 2.30. The number of hydrogen-bond acceptors (Lipinski definition) is 5. The van der Waals surface area contributed by atoms with Gasteiger partial charge in [-0.25, -0.2) is 4.98 Å². The summed E-state index contributed by atoms with van der Waals surface area (Å²) in [4.78, 5) is 9.31. The molecule has 2 aromatic rings. The van der Waals surface area contributed by atoms with Crippen molar-refractivity contribution in [2.24, 2.45) is 0 Å². The monoisotopic (exact) mass is 312 g/mol. The Labute approximate surface area is 137 Å². The molecule has 2 N–H and O–H groups in total. The molecule has 0 atom stereocenters. The third kappa shape index (κ3) is 4.21. The van der Waals surface area contributed by atoms with Gasteiger partial charge in [-0.15, -0.1) is 0 Å². The van der Waals surface area contributed by atoms with Gasteiger partial charge in [-0.3, -0.25) is 0 Å². The van der Waals surface area contributed by atoms with Crippen LogP contribution in [0.15, 0.2) is 42.6 Å². The predicted octanol–water partition coefficient (Wildman–Crippen LogP) is 1.83. The highest BCUT2D eigenvalue weighted by Crippen LogP contribution is 2.19. The van der Waals surface area contributed by atoms with Crippen molar-refractivity contribution in [2.75, 3.05) is 38.1 Å². The summed E-state index contributed by atoms with van der Waals surface area (Å²) in [7, 11) is 2.16. The molecular formula is C18H24N4O. The minimum atomic E-state index is 0.309. The lowest BCUT2D eigenvalue weighted by Crippen LogP contribution is -2.45. The van der Waals surface area contributed by atoms with Crippen LogP contribution in [-0.4, -0.2) is 48.2 Å². The van der Waals surface area contributed by atoms with E-state index >= 15 is 0 Å². The summed E-state index contributed by atoms with van der Waals surface area (Å²) in [6.07, 6.45) is 1.87. The first-order valence-electron chi connectivity index (χ1n) is 8.08. The molecule has 1 aliphatic heterocycles. The van der Waals surface area contributed by atoms with E-state index in [2.05, 4.69) is 33.2 Å². The molecule has 1 saturated heterocycles. The molecule has 5 nitrogen and oxygen atoms in total. The Morgan fingerprint density at radius 3 is 2.70 bits per heavy atom. The average molecular weight is 312 g/mol. The number of rotatable bonds is 5. The first-order valence-corrected chi connectivity index (χ1v) is 8.08. The summed E-state index contributed by atoms with van der Waals surface area (Å²) in [5, 5.41) is 13.0. The fraction of sp³-hybridized carbons (Fsp3) is 0.389. The summed E-state index contributed by atoms with van der Waals surface area (Å²) >= 11 is 0. The molecular weight excluding hydrogens is 288 g/mol. The van der Waals surface area contributed by atoms with E-state index < -0.39 is 0 Å². The van der Waals surface area contributed by atoms with E-state index in [1.807, 2.05) is 24.4 Å². The highest BCUT2D eigenvalue weighted by molar-refractivity contribution is 5.47. The molecule has 0 aliphatic carbocycles. The maximum absolute atomic E-state index is 9.52. The van der Waals surface area contributed by atoms with Crippen LogP contribution in [0, 0.1) is 0 Å². The van der Waals surface area contributed by atoms with Crippen molar-refractivity contribution in [3.05, 3.63) is 53.7 Å². The topological polar surface area (TPSA) is 51.6 Å². The molecule has 1 fully saturated rings. The van der Waals surface area contributed by atoms with E-state index in [-0.39, 0.29) is 0 Å². The highest BCUT2D eigenvalue weighted by Gasteiger charge is 2.17. The van der Waals surface area contributed by atoms with E-state index in [0.717, 1.165) is 50.6 Å². The lowest BCUT2D eigenvalue weighted by molar-refractivity contribution is 0.311. The molecule has 0 bridgehead atoms. The van der Waals surface area contributed by atoms with Gasteiger partial charge in [0, 0.05) is 51.0 Å². The second-order valence-corrected chi connectivity index (χ2v) is 6.05. The van der Waals surface area contributed by atoms with Crippen molar-refractivity contribution in [1.29, 1.82) is 0 Å². The molecule has 1 aliphatic rings. The van der Waals surface area contributed by atoms with Gasteiger partial charge >= 0.3 is 0 Å². The SMILES string of the molecule is CN1CCN(c2ncccc2CNCc2cccc(O)c2)CC1. The Balaban J connectivity index is 1.62. The van der Waals surface area contributed by atoms with Crippen LogP contribution in [-0.2, 0) is 13.1 Å². The zero-order valence-electron chi connectivity index (χ0n) is 13.6. The molecule has 0 spiro atoms. The van der Waals surface area contributed by atoms with Crippen LogP contribution < -0.4 is 10.2 Å². The van der Waals surface area contributed by atoms with Crippen LogP contribution in [0.25, 0.3) is 0 Å². The number of aromatic nitrogens is 1. The van der Waals surface area contributed by atoms with E-state index in [0.29, 0.717) is 5.75 Å². The number of nitrogens with one attached hydrogen (secondary N) is 1. The zero-order chi connectivity index (χ0) is 16.1. The number of piperazine rings is 1. The van der Waals surface area contributed by atoms with Crippen LogP contribution in [0.3, 0.4) is 0 Å². The summed E-state index contributed by atoms with van der Waals surface area (Å²) < 4.78 is 0. The van der Waals surface area contributed by atoms with Crippen molar-refractivity contribution < 1.29 is 5.11 Å². The Bertz CT molecular complexity index is 638. The Morgan fingerprint density at radius 2 is 1.91 bits per heavy atom. The molecule has 1 aromatic carbocycles. The van der Waals surface area contributed by atoms with Gasteiger partial charge < -0.3 is 20.2 Å². The lowest BCUT2D eigenvalue weighted by atomic mass is 10.2. The first-order chi connectivity index (χ1) is 11.2. The van der Waals surface area contributed by atoms with Crippen molar-refractivity contribution in [1.82, 2.24) is 15.2 Å². The van der Waals surface area contributed by atoms with Crippen molar-refractivity contribution in [3.8, 4) is 5.75 Å². The van der Waals surface area contributed by atoms with Crippen LogP contribution in [0.1, 0.15) is 11.1 Å². The quantitative estimate of drug-likeness (QED) is 0.882. The standard InChI is InChI=1S/C18H24N4O/c1-21-8-10-22(11-9-21)18-16(5-3-7-20-18)14-19-13-15-4-2-6-17(23)12-15/h2-7,12,19,23H,8-11,13-14H2,1H3. The lowest BCUT2D eigenvalue weighted by Gasteiger charge is -2.34. The Hall–Kier alpha value is -2.11. The largest absolute Gasteiger partial charge is 0.508 e. The first kappa shape index (κ1) is 15.8. The molecule has 0 radical (unpaired) electrons. The number of aromatic hydroxyl groups is 1.